The summed E-state index contributed by atoms with van der Waals surface area (Å²) >= 11 is 0. The number of nitrogens with one attached hydrogen (secondary N) is 2. The Kier molecular flexibility index (Phi) is 13.1. The lowest BCUT2D eigenvalue weighted by atomic mass is 9.93. The second-order valence-electron chi connectivity index (χ2n) is 10.2. The molecule has 1 rings (SSSR count). The highest BCUT2D eigenvalue weighted by Gasteiger charge is 2.36. The van der Waals surface area contributed by atoms with Gasteiger partial charge >= 0.3 is 12.1 Å². The first-order valence-electron chi connectivity index (χ1n) is 13.1. The molecule has 0 aliphatic carbocycles. The van der Waals surface area contributed by atoms with E-state index >= 15 is 0 Å². The number of alkyl carbamates (subject to hydrolysis) is 1. The number of benzene rings is 1. The quantitative estimate of drug-likeness (QED) is 0.296. The Hall–Kier alpha value is -3.10. The average Bonchev–Trinajstić information content (AvgIpc) is 2.78. The minimum absolute atomic E-state index is 0.0272. The summed E-state index contributed by atoms with van der Waals surface area (Å²) in [4.78, 5) is 53.1. The Labute approximate surface area is 221 Å². The Morgan fingerprint density at radius 3 is 2.19 bits per heavy atom. The van der Waals surface area contributed by atoms with Gasteiger partial charge < -0.3 is 25.0 Å². The van der Waals surface area contributed by atoms with Crippen molar-refractivity contribution in [2.24, 2.45) is 0 Å². The number of nitrogens with zero attached hydrogens (tertiary/aromatic N) is 1. The maximum Gasteiger partial charge on any atom is 0.408 e. The van der Waals surface area contributed by atoms with Gasteiger partial charge in [-0.05, 0) is 71.6 Å². The van der Waals surface area contributed by atoms with Gasteiger partial charge in [-0.1, -0.05) is 38.0 Å². The van der Waals surface area contributed by atoms with Crippen molar-refractivity contribution in [1.82, 2.24) is 15.5 Å². The maximum absolute atomic E-state index is 13.7. The Morgan fingerprint density at radius 1 is 1.03 bits per heavy atom. The first-order valence-corrected chi connectivity index (χ1v) is 13.1. The van der Waals surface area contributed by atoms with Crippen LogP contribution in [0.1, 0.15) is 90.0 Å². The third-order valence-corrected chi connectivity index (χ3v) is 5.70. The van der Waals surface area contributed by atoms with Crippen molar-refractivity contribution in [2.45, 2.75) is 98.8 Å². The van der Waals surface area contributed by atoms with E-state index < -0.39 is 41.6 Å². The number of aryl methyl sites for hydroxylation is 2. The maximum atomic E-state index is 13.7. The molecular weight excluding hydrogens is 474 g/mol. The van der Waals surface area contributed by atoms with E-state index in [9.17, 15) is 19.2 Å². The van der Waals surface area contributed by atoms with Crippen molar-refractivity contribution >= 4 is 23.9 Å². The van der Waals surface area contributed by atoms with E-state index in [2.05, 4.69) is 17.6 Å². The molecule has 0 saturated heterocycles. The number of carbonyl (C=O) groups is 4. The lowest BCUT2D eigenvalue weighted by molar-refractivity contribution is -0.144. The van der Waals surface area contributed by atoms with Crippen LogP contribution in [-0.4, -0.2) is 60.1 Å². The highest BCUT2D eigenvalue weighted by atomic mass is 16.6. The minimum atomic E-state index is -0.935. The number of amides is 3. The second kappa shape index (κ2) is 15.2. The number of hydrogen-bond acceptors (Lipinski definition) is 6. The molecule has 9 nitrogen and oxygen atoms in total. The summed E-state index contributed by atoms with van der Waals surface area (Å²) < 4.78 is 10.3. The van der Waals surface area contributed by atoms with E-state index in [1.54, 1.807) is 34.6 Å². The molecule has 0 radical (unpaired) electrons. The molecule has 0 heterocycles. The molecule has 0 aliphatic heterocycles. The number of hydrogen-bond donors (Lipinski definition) is 2. The molecule has 1 aromatic rings. The van der Waals surface area contributed by atoms with Gasteiger partial charge in [0, 0.05) is 13.1 Å². The summed E-state index contributed by atoms with van der Waals surface area (Å²) in [6.07, 6.45) is 1.83. The van der Waals surface area contributed by atoms with E-state index in [1.165, 1.54) is 4.90 Å². The van der Waals surface area contributed by atoms with Crippen molar-refractivity contribution in [3.63, 3.8) is 0 Å². The van der Waals surface area contributed by atoms with Gasteiger partial charge in [0.2, 0.25) is 11.8 Å². The fourth-order valence-corrected chi connectivity index (χ4v) is 4.00. The zero-order chi connectivity index (χ0) is 28.2. The molecule has 0 fully saturated rings. The summed E-state index contributed by atoms with van der Waals surface area (Å²) in [7, 11) is 0. The van der Waals surface area contributed by atoms with Crippen molar-refractivity contribution < 1.29 is 28.7 Å². The fraction of sp³-hybridized carbons (Fsp3) is 0.643. The molecule has 3 amide bonds. The molecule has 0 spiro atoms. The van der Waals surface area contributed by atoms with E-state index in [0.717, 1.165) is 29.5 Å². The summed E-state index contributed by atoms with van der Waals surface area (Å²) in [5.41, 5.74) is 1.75. The summed E-state index contributed by atoms with van der Waals surface area (Å²) in [6, 6.07) is 3.85. The third kappa shape index (κ3) is 10.8. The predicted molar refractivity (Wildman–Crippen MR) is 143 cm³/mol. The first kappa shape index (κ1) is 31.9. The lowest BCUT2D eigenvalue weighted by Gasteiger charge is -2.35. The molecule has 0 saturated carbocycles. The average molecular weight is 520 g/mol. The summed E-state index contributed by atoms with van der Waals surface area (Å²) in [5, 5.41) is 5.42. The Bertz CT molecular complexity index is 905. The molecule has 9 heteroatoms. The molecule has 0 bridgehead atoms. The van der Waals surface area contributed by atoms with Gasteiger partial charge in [0.05, 0.1) is 13.0 Å². The normalized spacial score (nSPS) is 12.8. The van der Waals surface area contributed by atoms with Crippen molar-refractivity contribution in [3.8, 4) is 0 Å². The van der Waals surface area contributed by atoms with Crippen LogP contribution in [0.3, 0.4) is 0 Å². The van der Waals surface area contributed by atoms with Crippen molar-refractivity contribution in [3.05, 3.63) is 34.9 Å². The van der Waals surface area contributed by atoms with Crippen LogP contribution in [0.25, 0.3) is 0 Å². The van der Waals surface area contributed by atoms with Crippen LogP contribution < -0.4 is 10.6 Å². The molecule has 2 N–H and O–H groups in total. The number of unbranched alkanes of at least 4 members (excludes halogenated alkanes) is 2. The zero-order valence-electron chi connectivity index (χ0n) is 23.7. The Balaban J connectivity index is 3.35. The number of carbonyl (C=O) groups excluding carboxylic acids is 4. The van der Waals surface area contributed by atoms with Gasteiger partial charge in [-0.25, -0.2) is 4.79 Å². The molecule has 2 unspecified atom stereocenters. The third-order valence-electron chi connectivity index (χ3n) is 5.70. The molecule has 2 atom stereocenters. The monoisotopic (exact) mass is 519 g/mol. The SMILES string of the molecule is CCCCCN(C(=O)C(C)NC(=O)OC(C)(C)C)C(C(=O)NCCC(=O)OCC)c1c(C)cccc1C. The van der Waals surface area contributed by atoms with Gasteiger partial charge in [0.1, 0.15) is 17.7 Å². The Morgan fingerprint density at radius 2 is 1.65 bits per heavy atom. The van der Waals surface area contributed by atoms with Crippen LogP contribution in [0.5, 0.6) is 0 Å². The number of esters is 1. The molecule has 0 aliphatic rings. The van der Waals surface area contributed by atoms with E-state index in [1.807, 2.05) is 32.0 Å². The lowest BCUT2D eigenvalue weighted by Crippen LogP contribution is -2.52. The van der Waals surface area contributed by atoms with Crippen molar-refractivity contribution in [2.75, 3.05) is 19.7 Å². The number of rotatable bonds is 13. The first-order chi connectivity index (χ1) is 17.3. The molecule has 37 heavy (non-hydrogen) atoms. The van der Waals surface area contributed by atoms with Crippen LogP contribution in [0.15, 0.2) is 18.2 Å². The van der Waals surface area contributed by atoms with Gasteiger partial charge in [-0.2, -0.15) is 0 Å². The fourth-order valence-electron chi connectivity index (χ4n) is 4.00. The van der Waals surface area contributed by atoms with Crippen LogP contribution in [0, 0.1) is 13.8 Å². The van der Waals surface area contributed by atoms with E-state index in [-0.39, 0.29) is 19.6 Å². The van der Waals surface area contributed by atoms with Crippen LogP contribution in [0.4, 0.5) is 4.79 Å². The van der Waals surface area contributed by atoms with Crippen LogP contribution in [-0.2, 0) is 23.9 Å². The summed E-state index contributed by atoms with van der Waals surface area (Å²) in [5.74, 6) is -1.19. The topological polar surface area (TPSA) is 114 Å². The molecular formula is C28H45N3O6. The smallest absolute Gasteiger partial charge is 0.408 e. The molecule has 208 valence electrons. The minimum Gasteiger partial charge on any atom is -0.466 e. The van der Waals surface area contributed by atoms with Crippen molar-refractivity contribution in [1.29, 1.82) is 0 Å². The molecule has 0 aromatic heterocycles. The van der Waals surface area contributed by atoms with Gasteiger partial charge in [0.15, 0.2) is 0 Å². The van der Waals surface area contributed by atoms with E-state index in [4.69, 9.17) is 9.47 Å². The van der Waals surface area contributed by atoms with E-state index in [0.29, 0.717) is 13.0 Å². The second-order valence-corrected chi connectivity index (χ2v) is 10.2. The largest absolute Gasteiger partial charge is 0.466 e. The number of ether oxygens (including phenoxy) is 2. The van der Waals surface area contributed by atoms with Crippen LogP contribution in [0.2, 0.25) is 0 Å². The van der Waals surface area contributed by atoms with Crippen LogP contribution >= 0.6 is 0 Å². The predicted octanol–water partition coefficient (Wildman–Crippen LogP) is 4.35. The highest BCUT2D eigenvalue weighted by Crippen LogP contribution is 2.29. The zero-order valence-corrected chi connectivity index (χ0v) is 23.7. The highest BCUT2D eigenvalue weighted by molar-refractivity contribution is 5.92. The standard InChI is InChI=1S/C28H45N3O6/c1-9-11-12-18-31(26(34)21(5)30-27(35)37-28(6,7)8)24(23-19(3)14-13-15-20(23)4)25(33)29-17-16-22(32)36-10-2/h13-15,21,24H,9-12,16-18H2,1-8H3,(H,29,33)(H,30,35). The molecule has 1 aromatic carbocycles. The van der Waals surface area contributed by atoms with Gasteiger partial charge in [0.25, 0.3) is 0 Å². The van der Waals surface area contributed by atoms with Gasteiger partial charge in [-0.3, -0.25) is 14.4 Å². The van der Waals surface area contributed by atoms with Gasteiger partial charge in [-0.15, -0.1) is 0 Å². The summed E-state index contributed by atoms with van der Waals surface area (Å²) in [6.45, 7) is 15.1.